The second-order valence-corrected chi connectivity index (χ2v) is 3.98. The summed E-state index contributed by atoms with van der Waals surface area (Å²) in [7, 11) is 0. The number of carbonyl (C=O) groups is 1. The Morgan fingerprint density at radius 3 is 2.69 bits per heavy atom. The Hall–Kier alpha value is -1.71. The fourth-order valence-corrected chi connectivity index (χ4v) is 1.57. The molecule has 16 heavy (non-hydrogen) atoms. The molecular formula is C12H19N3O. The fraction of sp³-hybridized carbons (Fsp3) is 0.417. The van der Waals surface area contributed by atoms with E-state index >= 15 is 0 Å². The number of anilines is 2. The normalized spacial score (nSPS) is 10.1. The highest BCUT2D eigenvalue weighted by Crippen LogP contribution is 2.15. The highest BCUT2D eigenvalue weighted by atomic mass is 16.1. The van der Waals surface area contributed by atoms with E-state index in [1.165, 1.54) is 0 Å². The van der Waals surface area contributed by atoms with Gasteiger partial charge in [-0.2, -0.15) is 0 Å². The number of aryl methyl sites for hydroxylation is 1. The lowest BCUT2D eigenvalue weighted by Gasteiger charge is -2.08. The molecule has 1 aromatic carbocycles. The zero-order chi connectivity index (χ0) is 12.0. The third-order valence-electron chi connectivity index (χ3n) is 2.28. The summed E-state index contributed by atoms with van der Waals surface area (Å²) in [4.78, 5) is 10.5. The lowest BCUT2D eigenvalue weighted by Crippen LogP contribution is -2.11. The van der Waals surface area contributed by atoms with E-state index in [-0.39, 0.29) is 5.91 Å². The van der Waals surface area contributed by atoms with Gasteiger partial charge in [0.1, 0.15) is 0 Å². The maximum atomic E-state index is 10.5. The van der Waals surface area contributed by atoms with Crippen LogP contribution in [0.15, 0.2) is 18.2 Å². The molecule has 0 heterocycles. The van der Waals surface area contributed by atoms with Crippen molar-refractivity contribution in [2.24, 2.45) is 5.73 Å². The number of carbonyl (C=O) groups excluding carboxylic acids is 1. The molecule has 4 nitrogen and oxygen atoms in total. The van der Waals surface area contributed by atoms with Crippen LogP contribution >= 0.6 is 0 Å². The van der Waals surface area contributed by atoms with Crippen LogP contribution in [0.2, 0.25) is 0 Å². The highest BCUT2D eigenvalue weighted by Gasteiger charge is 1.97. The molecule has 0 saturated carbocycles. The first-order valence-electron chi connectivity index (χ1n) is 5.47. The van der Waals surface area contributed by atoms with Gasteiger partial charge in [-0.3, -0.25) is 4.79 Å². The molecule has 88 valence electrons. The van der Waals surface area contributed by atoms with Gasteiger partial charge in [0.15, 0.2) is 0 Å². The Balaban J connectivity index is 2.29. The zero-order valence-electron chi connectivity index (χ0n) is 9.62. The van der Waals surface area contributed by atoms with Gasteiger partial charge in [0.05, 0.1) is 0 Å². The zero-order valence-corrected chi connectivity index (χ0v) is 9.62. The van der Waals surface area contributed by atoms with Crippen molar-refractivity contribution in [3.05, 3.63) is 23.8 Å². The largest absolute Gasteiger partial charge is 0.399 e. The SMILES string of the molecule is Cc1cc(N)cc(NCCCCC(N)=O)c1. The average molecular weight is 221 g/mol. The third-order valence-corrected chi connectivity index (χ3v) is 2.28. The van der Waals surface area contributed by atoms with E-state index < -0.39 is 0 Å². The van der Waals surface area contributed by atoms with Gasteiger partial charge in [0.25, 0.3) is 0 Å². The molecular weight excluding hydrogens is 202 g/mol. The molecule has 0 aromatic heterocycles. The van der Waals surface area contributed by atoms with Gasteiger partial charge < -0.3 is 16.8 Å². The molecule has 4 heteroatoms. The van der Waals surface area contributed by atoms with Crippen molar-refractivity contribution in [3.63, 3.8) is 0 Å². The molecule has 5 N–H and O–H groups in total. The van der Waals surface area contributed by atoms with E-state index in [0.717, 1.165) is 36.3 Å². The first-order valence-corrected chi connectivity index (χ1v) is 5.47. The minimum absolute atomic E-state index is 0.236. The molecule has 0 spiro atoms. The van der Waals surface area contributed by atoms with Crippen molar-refractivity contribution >= 4 is 17.3 Å². The monoisotopic (exact) mass is 221 g/mol. The second-order valence-electron chi connectivity index (χ2n) is 3.98. The number of hydrogen-bond acceptors (Lipinski definition) is 3. The molecule has 0 aliphatic carbocycles. The quantitative estimate of drug-likeness (QED) is 0.504. The van der Waals surface area contributed by atoms with Crippen molar-refractivity contribution in [2.75, 3.05) is 17.6 Å². The van der Waals surface area contributed by atoms with Crippen LogP contribution in [-0.2, 0) is 4.79 Å². The Kier molecular flexibility index (Phi) is 4.64. The number of rotatable bonds is 6. The standard InChI is InChI=1S/C12H19N3O/c1-9-6-10(13)8-11(7-9)15-5-3-2-4-12(14)16/h6-8,15H,2-5,13H2,1H3,(H2,14,16). The summed E-state index contributed by atoms with van der Waals surface area (Å²) in [6.45, 7) is 2.84. The smallest absolute Gasteiger partial charge is 0.217 e. The molecule has 0 unspecified atom stereocenters. The van der Waals surface area contributed by atoms with Crippen molar-refractivity contribution in [2.45, 2.75) is 26.2 Å². The predicted octanol–water partition coefficient (Wildman–Crippen LogP) is 1.64. The van der Waals surface area contributed by atoms with E-state index in [0.29, 0.717) is 6.42 Å². The molecule has 1 aromatic rings. The summed E-state index contributed by atoms with van der Waals surface area (Å²) in [6, 6.07) is 5.88. The topological polar surface area (TPSA) is 81.1 Å². The lowest BCUT2D eigenvalue weighted by molar-refractivity contribution is -0.118. The molecule has 0 atom stereocenters. The predicted molar refractivity (Wildman–Crippen MR) is 67.1 cm³/mol. The molecule has 0 aliphatic rings. The Bertz CT molecular complexity index is 343. The molecule has 0 fully saturated rings. The van der Waals surface area contributed by atoms with E-state index in [2.05, 4.69) is 5.32 Å². The van der Waals surface area contributed by atoms with Crippen LogP contribution < -0.4 is 16.8 Å². The summed E-state index contributed by atoms with van der Waals surface area (Å²) in [5.41, 5.74) is 13.7. The Labute approximate surface area is 96.0 Å². The first-order chi connectivity index (χ1) is 7.58. The summed E-state index contributed by atoms with van der Waals surface area (Å²) < 4.78 is 0. The minimum Gasteiger partial charge on any atom is -0.399 e. The maximum absolute atomic E-state index is 10.5. The van der Waals surface area contributed by atoms with Gasteiger partial charge in [-0.25, -0.2) is 0 Å². The molecule has 0 radical (unpaired) electrons. The third kappa shape index (κ3) is 4.68. The van der Waals surface area contributed by atoms with Crippen LogP contribution in [0.5, 0.6) is 0 Å². The van der Waals surface area contributed by atoms with Gasteiger partial charge in [-0.05, 0) is 43.5 Å². The summed E-state index contributed by atoms with van der Waals surface area (Å²) in [5, 5.41) is 3.27. The van der Waals surface area contributed by atoms with Crippen LogP contribution in [0.4, 0.5) is 11.4 Å². The highest BCUT2D eigenvalue weighted by molar-refractivity contribution is 5.73. The van der Waals surface area contributed by atoms with Crippen LogP contribution in [0.1, 0.15) is 24.8 Å². The number of amides is 1. The average Bonchev–Trinajstić information content (AvgIpc) is 2.15. The number of nitrogen functional groups attached to an aromatic ring is 1. The van der Waals surface area contributed by atoms with E-state index in [1.54, 1.807) is 0 Å². The van der Waals surface area contributed by atoms with E-state index in [4.69, 9.17) is 11.5 Å². The summed E-state index contributed by atoms with van der Waals surface area (Å²) in [5.74, 6) is -0.236. The van der Waals surface area contributed by atoms with E-state index in [9.17, 15) is 4.79 Å². The molecule has 0 bridgehead atoms. The van der Waals surface area contributed by atoms with Crippen molar-refractivity contribution in [1.29, 1.82) is 0 Å². The number of unbranched alkanes of at least 4 members (excludes halogenated alkanes) is 1. The Morgan fingerprint density at radius 1 is 1.31 bits per heavy atom. The van der Waals surface area contributed by atoms with Gasteiger partial charge in [0, 0.05) is 24.3 Å². The van der Waals surface area contributed by atoms with Gasteiger partial charge in [-0.15, -0.1) is 0 Å². The first kappa shape index (κ1) is 12.4. The van der Waals surface area contributed by atoms with Crippen molar-refractivity contribution in [1.82, 2.24) is 0 Å². The van der Waals surface area contributed by atoms with Crippen LogP contribution in [0.3, 0.4) is 0 Å². The number of nitrogens with one attached hydrogen (secondary N) is 1. The van der Waals surface area contributed by atoms with Crippen molar-refractivity contribution in [3.8, 4) is 0 Å². The summed E-state index contributed by atoms with van der Waals surface area (Å²) in [6.07, 6.45) is 2.21. The molecule has 0 aliphatic heterocycles. The van der Waals surface area contributed by atoms with Crippen molar-refractivity contribution < 1.29 is 4.79 Å². The van der Waals surface area contributed by atoms with Gasteiger partial charge in [-0.1, -0.05) is 0 Å². The molecule has 0 saturated heterocycles. The van der Waals surface area contributed by atoms with Gasteiger partial charge in [0.2, 0.25) is 5.91 Å². The number of primary amides is 1. The second kappa shape index (κ2) is 6.00. The fourth-order valence-electron chi connectivity index (χ4n) is 1.57. The lowest BCUT2D eigenvalue weighted by atomic mass is 10.2. The van der Waals surface area contributed by atoms with Gasteiger partial charge >= 0.3 is 0 Å². The van der Waals surface area contributed by atoms with Crippen LogP contribution in [0.25, 0.3) is 0 Å². The van der Waals surface area contributed by atoms with Crippen LogP contribution in [0, 0.1) is 6.92 Å². The minimum atomic E-state index is -0.236. The molecule has 1 amide bonds. The maximum Gasteiger partial charge on any atom is 0.217 e. The van der Waals surface area contributed by atoms with Crippen LogP contribution in [-0.4, -0.2) is 12.5 Å². The number of benzene rings is 1. The number of hydrogen-bond donors (Lipinski definition) is 3. The van der Waals surface area contributed by atoms with E-state index in [1.807, 2.05) is 25.1 Å². The molecule has 1 rings (SSSR count). The number of nitrogens with two attached hydrogens (primary N) is 2. The Morgan fingerprint density at radius 2 is 2.06 bits per heavy atom. The summed E-state index contributed by atoms with van der Waals surface area (Å²) >= 11 is 0.